The van der Waals surface area contributed by atoms with Crippen LogP contribution in [0.15, 0.2) is 6.20 Å². The van der Waals surface area contributed by atoms with Crippen LogP contribution in [0.2, 0.25) is 0 Å². The van der Waals surface area contributed by atoms with Gasteiger partial charge in [0.25, 0.3) is 0 Å². The summed E-state index contributed by atoms with van der Waals surface area (Å²) in [6.07, 6.45) is 1.64. The van der Waals surface area contributed by atoms with Gasteiger partial charge in [-0.25, -0.2) is 9.97 Å². The molecule has 0 spiro atoms. The second-order valence-corrected chi connectivity index (χ2v) is 3.99. The fourth-order valence-corrected chi connectivity index (χ4v) is 1.91. The highest BCUT2D eigenvalue weighted by Crippen LogP contribution is 2.32. The third kappa shape index (κ3) is 1.56. The van der Waals surface area contributed by atoms with Gasteiger partial charge in [-0.3, -0.25) is 0 Å². The number of rotatable bonds is 2. The zero-order valence-corrected chi connectivity index (χ0v) is 8.17. The lowest BCUT2D eigenvalue weighted by molar-refractivity contribution is 0.412. The second kappa shape index (κ2) is 3.41. The third-order valence-corrected chi connectivity index (χ3v) is 3.30. The zero-order chi connectivity index (χ0) is 9.26. The minimum absolute atomic E-state index is 0.435. The lowest BCUT2D eigenvalue weighted by atomic mass is 10.2. The van der Waals surface area contributed by atoms with Crippen LogP contribution in [0.3, 0.4) is 0 Å². The van der Waals surface area contributed by atoms with Crippen molar-refractivity contribution < 1.29 is 4.74 Å². The van der Waals surface area contributed by atoms with E-state index in [1.165, 1.54) is 0 Å². The number of methoxy groups -OCH3 is 1. The van der Waals surface area contributed by atoms with Crippen LogP contribution >= 0.6 is 11.8 Å². The Bertz CT molecular complexity index is 314. The van der Waals surface area contributed by atoms with E-state index in [1.807, 2.05) is 11.8 Å². The molecule has 0 amide bonds. The van der Waals surface area contributed by atoms with E-state index < -0.39 is 0 Å². The van der Waals surface area contributed by atoms with E-state index >= 15 is 0 Å². The number of aromatic nitrogens is 2. The summed E-state index contributed by atoms with van der Waals surface area (Å²) in [5.41, 5.74) is 5.67. The van der Waals surface area contributed by atoms with Crippen molar-refractivity contribution >= 4 is 17.6 Å². The Morgan fingerprint density at radius 2 is 2.38 bits per heavy atom. The molecule has 0 radical (unpaired) electrons. The lowest BCUT2D eigenvalue weighted by Gasteiger charge is -2.23. The Morgan fingerprint density at radius 3 is 2.85 bits per heavy atom. The molecule has 1 saturated heterocycles. The SMILES string of the molecule is COc1cnc(C2CSC2)nc1N. The predicted octanol–water partition coefficient (Wildman–Crippen LogP) is 0.898. The molecule has 0 bridgehead atoms. The quantitative estimate of drug-likeness (QED) is 0.763. The molecule has 1 aromatic rings. The minimum Gasteiger partial charge on any atom is -0.491 e. The van der Waals surface area contributed by atoms with E-state index in [2.05, 4.69) is 9.97 Å². The van der Waals surface area contributed by atoms with Gasteiger partial charge in [-0.05, 0) is 0 Å². The Hall–Kier alpha value is -0.970. The Balaban J connectivity index is 2.24. The van der Waals surface area contributed by atoms with Gasteiger partial charge in [0.05, 0.1) is 13.3 Å². The lowest BCUT2D eigenvalue weighted by Crippen LogP contribution is -2.19. The standard InChI is InChI=1S/C8H11N3OS/c1-12-6-2-10-8(11-7(6)9)5-3-13-4-5/h2,5H,3-4H2,1H3,(H2,9,10,11). The topological polar surface area (TPSA) is 61.0 Å². The van der Waals surface area contributed by atoms with Crippen LogP contribution in [-0.4, -0.2) is 28.6 Å². The van der Waals surface area contributed by atoms with Gasteiger partial charge in [-0.2, -0.15) is 11.8 Å². The molecule has 0 unspecified atom stereocenters. The van der Waals surface area contributed by atoms with E-state index in [-0.39, 0.29) is 0 Å². The average molecular weight is 197 g/mol. The number of nitrogens with zero attached hydrogens (tertiary/aromatic N) is 2. The van der Waals surface area contributed by atoms with Crippen LogP contribution in [0.1, 0.15) is 11.7 Å². The van der Waals surface area contributed by atoms with E-state index in [9.17, 15) is 0 Å². The van der Waals surface area contributed by atoms with Gasteiger partial charge in [-0.1, -0.05) is 0 Å². The Morgan fingerprint density at radius 1 is 1.62 bits per heavy atom. The van der Waals surface area contributed by atoms with Crippen LogP contribution in [-0.2, 0) is 0 Å². The van der Waals surface area contributed by atoms with Crippen LogP contribution in [0.5, 0.6) is 5.75 Å². The number of ether oxygens (including phenoxy) is 1. The molecule has 2 N–H and O–H groups in total. The molecule has 1 aromatic heterocycles. The van der Waals surface area contributed by atoms with Crippen LogP contribution in [0.4, 0.5) is 5.82 Å². The van der Waals surface area contributed by atoms with Crippen molar-refractivity contribution in [2.75, 3.05) is 24.3 Å². The van der Waals surface area contributed by atoms with Crippen molar-refractivity contribution in [2.24, 2.45) is 0 Å². The predicted molar refractivity (Wildman–Crippen MR) is 53.1 cm³/mol. The van der Waals surface area contributed by atoms with E-state index in [4.69, 9.17) is 10.5 Å². The summed E-state index contributed by atoms with van der Waals surface area (Å²) >= 11 is 1.90. The van der Waals surface area contributed by atoms with E-state index in [1.54, 1.807) is 13.3 Å². The first-order valence-electron chi connectivity index (χ1n) is 4.05. The average Bonchev–Trinajstić information content (AvgIpc) is 2.01. The van der Waals surface area contributed by atoms with Crippen LogP contribution in [0, 0.1) is 0 Å². The zero-order valence-electron chi connectivity index (χ0n) is 7.36. The molecule has 2 heterocycles. The molecule has 0 aliphatic carbocycles. The number of hydrogen-bond acceptors (Lipinski definition) is 5. The van der Waals surface area contributed by atoms with Gasteiger partial charge in [-0.15, -0.1) is 0 Å². The molecule has 5 heteroatoms. The summed E-state index contributed by atoms with van der Waals surface area (Å²) in [6, 6.07) is 0. The maximum Gasteiger partial charge on any atom is 0.179 e. The minimum atomic E-state index is 0.435. The fourth-order valence-electron chi connectivity index (χ4n) is 1.14. The highest BCUT2D eigenvalue weighted by Gasteiger charge is 2.23. The molecule has 1 aliphatic rings. The number of anilines is 1. The largest absolute Gasteiger partial charge is 0.491 e. The number of nitrogen functional groups attached to an aromatic ring is 1. The van der Waals surface area contributed by atoms with Crippen LogP contribution in [0.25, 0.3) is 0 Å². The monoisotopic (exact) mass is 197 g/mol. The molecule has 0 atom stereocenters. The Kier molecular flexibility index (Phi) is 2.26. The molecule has 1 fully saturated rings. The van der Waals surface area contributed by atoms with Gasteiger partial charge in [0.2, 0.25) is 0 Å². The summed E-state index contributed by atoms with van der Waals surface area (Å²) in [7, 11) is 1.56. The van der Waals surface area contributed by atoms with Gasteiger partial charge in [0, 0.05) is 17.4 Å². The summed E-state index contributed by atoms with van der Waals surface area (Å²) in [5.74, 6) is 4.52. The maximum atomic E-state index is 5.67. The third-order valence-electron chi connectivity index (χ3n) is 2.02. The van der Waals surface area contributed by atoms with Crippen molar-refractivity contribution in [3.8, 4) is 5.75 Å². The van der Waals surface area contributed by atoms with Gasteiger partial charge >= 0.3 is 0 Å². The van der Waals surface area contributed by atoms with Gasteiger partial charge in [0.15, 0.2) is 11.6 Å². The molecule has 13 heavy (non-hydrogen) atoms. The van der Waals surface area contributed by atoms with E-state index in [0.717, 1.165) is 17.3 Å². The van der Waals surface area contributed by atoms with Gasteiger partial charge < -0.3 is 10.5 Å². The molecule has 0 aromatic carbocycles. The summed E-state index contributed by atoms with van der Waals surface area (Å²) in [6.45, 7) is 0. The summed E-state index contributed by atoms with van der Waals surface area (Å²) in [5, 5.41) is 0. The van der Waals surface area contributed by atoms with Gasteiger partial charge in [0.1, 0.15) is 5.82 Å². The molecular formula is C8H11N3OS. The second-order valence-electron chi connectivity index (χ2n) is 2.92. The highest BCUT2D eigenvalue weighted by atomic mass is 32.2. The first-order valence-corrected chi connectivity index (χ1v) is 5.21. The number of thioether (sulfide) groups is 1. The summed E-state index contributed by atoms with van der Waals surface area (Å²) < 4.78 is 4.98. The molecule has 70 valence electrons. The first kappa shape index (κ1) is 8.62. The molecular weight excluding hydrogens is 186 g/mol. The first-order chi connectivity index (χ1) is 6.31. The summed E-state index contributed by atoms with van der Waals surface area (Å²) in [4.78, 5) is 8.40. The van der Waals surface area contributed by atoms with Crippen molar-refractivity contribution in [3.05, 3.63) is 12.0 Å². The van der Waals surface area contributed by atoms with Crippen LogP contribution < -0.4 is 10.5 Å². The van der Waals surface area contributed by atoms with Crippen molar-refractivity contribution in [2.45, 2.75) is 5.92 Å². The molecule has 0 saturated carbocycles. The number of hydrogen-bond donors (Lipinski definition) is 1. The molecule has 4 nitrogen and oxygen atoms in total. The highest BCUT2D eigenvalue weighted by molar-refractivity contribution is 8.00. The molecule has 2 rings (SSSR count). The van der Waals surface area contributed by atoms with Crippen molar-refractivity contribution in [1.29, 1.82) is 0 Å². The van der Waals surface area contributed by atoms with E-state index in [0.29, 0.717) is 17.5 Å². The molecule has 1 aliphatic heterocycles. The number of nitrogens with two attached hydrogens (primary N) is 1. The van der Waals surface area contributed by atoms with Crippen molar-refractivity contribution in [3.63, 3.8) is 0 Å². The smallest absolute Gasteiger partial charge is 0.179 e. The normalized spacial score (nSPS) is 16.7. The fraction of sp³-hybridized carbons (Fsp3) is 0.500. The maximum absolute atomic E-state index is 5.67. The Labute approximate surface area is 80.9 Å². The van der Waals surface area contributed by atoms with Crippen molar-refractivity contribution in [1.82, 2.24) is 9.97 Å².